The van der Waals surface area contributed by atoms with Crippen LogP contribution in [0.3, 0.4) is 0 Å². The van der Waals surface area contributed by atoms with E-state index in [2.05, 4.69) is 42.9 Å². The van der Waals surface area contributed by atoms with E-state index < -0.39 is 0 Å². The number of carbonyl (C=O) groups is 1. The molecule has 4 aromatic rings. The summed E-state index contributed by atoms with van der Waals surface area (Å²) in [5, 5.41) is 13.9. The average molecular weight is 433 g/mol. The third-order valence-corrected chi connectivity index (χ3v) is 6.63. The molecule has 0 bridgehead atoms. The number of aromatic nitrogens is 4. The summed E-state index contributed by atoms with van der Waals surface area (Å²) in [7, 11) is 0. The van der Waals surface area contributed by atoms with Crippen LogP contribution in [0.15, 0.2) is 60.4 Å². The van der Waals surface area contributed by atoms with Crippen LogP contribution in [-0.4, -0.2) is 50.0 Å². The summed E-state index contributed by atoms with van der Waals surface area (Å²) in [6, 6.07) is 11.9. The van der Waals surface area contributed by atoms with Gasteiger partial charge in [-0.2, -0.15) is 0 Å². The van der Waals surface area contributed by atoms with Crippen LogP contribution >= 0.6 is 11.3 Å². The van der Waals surface area contributed by atoms with Crippen molar-refractivity contribution < 1.29 is 4.79 Å². The lowest BCUT2D eigenvalue weighted by Gasteiger charge is -2.15. The van der Waals surface area contributed by atoms with E-state index in [1.54, 1.807) is 17.5 Å². The largest absolute Gasteiger partial charge is 0.352 e. The number of carbonyl (C=O) groups excluding carboxylic acids is 1. The summed E-state index contributed by atoms with van der Waals surface area (Å²) in [4.78, 5) is 20.6. The van der Waals surface area contributed by atoms with Gasteiger partial charge in [0, 0.05) is 49.0 Å². The molecule has 4 aromatic heterocycles. The highest BCUT2D eigenvalue weighted by Gasteiger charge is 2.28. The molecule has 0 radical (unpaired) electrons. The molecule has 1 amide bonds. The third kappa shape index (κ3) is 4.50. The van der Waals surface area contributed by atoms with Crippen molar-refractivity contribution in [3.63, 3.8) is 0 Å². The first-order valence-corrected chi connectivity index (χ1v) is 11.4. The van der Waals surface area contributed by atoms with Crippen molar-refractivity contribution in [2.24, 2.45) is 0 Å². The fraction of sp³-hybridized carbons (Fsp3) is 0.304. The number of pyridine rings is 2. The Morgan fingerprint density at radius 2 is 2.16 bits per heavy atom. The van der Waals surface area contributed by atoms with Crippen molar-refractivity contribution in [1.82, 2.24) is 29.8 Å². The van der Waals surface area contributed by atoms with Crippen LogP contribution < -0.4 is 5.32 Å². The Morgan fingerprint density at radius 3 is 3.00 bits per heavy atom. The van der Waals surface area contributed by atoms with E-state index in [-0.39, 0.29) is 5.91 Å². The number of fused-ring (bicyclic) bond motifs is 1. The van der Waals surface area contributed by atoms with E-state index >= 15 is 0 Å². The van der Waals surface area contributed by atoms with Crippen LogP contribution in [0.25, 0.3) is 5.65 Å². The second-order valence-electron chi connectivity index (χ2n) is 7.87. The number of thiophene rings is 1. The van der Waals surface area contributed by atoms with Crippen LogP contribution in [0.4, 0.5) is 0 Å². The molecule has 8 heteroatoms. The highest BCUT2D eigenvalue weighted by atomic mass is 32.1. The number of amides is 1. The summed E-state index contributed by atoms with van der Waals surface area (Å²) in [6.07, 6.45) is 7.46. The minimum Gasteiger partial charge on any atom is -0.352 e. The summed E-state index contributed by atoms with van der Waals surface area (Å²) in [5.41, 5.74) is 2.62. The number of likely N-dealkylation sites (tertiary alicyclic amines) is 1. The zero-order valence-electron chi connectivity index (χ0n) is 17.1. The molecule has 1 saturated heterocycles. The van der Waals surface area contributed by atoms with Crippen molar-refractivity contribution in [2.45, 2.75) is 25.3 Å². The molecule has 1 fully saturated rings. The molecule has 0 saturated carbocycles. The molecule has 0 aromatic carbocycles. The average Bonchev–Trinajstić information content (AvgIpc) is 3.55. The maximum Gasteiger partial charge on any atom is 0.252 e. The van der Waals surface area contributed by atoms with Gasteiger partial charge in [-0.1, -0.05) is 12.1 Å². The van der Waals surface area contributed by atoms with E-state index in [1.807, 2.05) is 41.1 Å². The zero-order valence-corrected chi connectivity index (χ0v) is 18.0. The van der Waals surface area contributed by atoms with Gasteiger partial charge >= 0.3 is 0 Å². The first kappa shape index (κ1) is 19.8. The lowest BCUT2D eigenvalue weighted by atomic mass is 10.1. The first-order chi connectivity index (χ1) is 15.3. The van der Waals surface area contributed by atoms with Crippen LogP contribution in [0, 0.1) is 0 Å². The van der Waals surface area contributed by atoms with Crippen LogP contribution in [0.5, 0.6) is 0 Å². The summed E-state index contributed by atoms with van der Waals surface area (Å²) in [5.74, 6) is 1.16. The van der Waals surface area contributed by atoms with E-state index in [0.717, 1.165) is 43.9 Å². The predicted molar refractivity (Wildman–Crippen MR) is 120 cm³/mol. The number of hydrogen-bond acceptors (Lipinski definition) is 6. The lowest BCUT2D eigenvalue weighted by Crippen LogP contribution is -2.25. The van der Waals surface area contributed by atoms with Gasteiger partial charge in [0.1, 0.15) is 5.82 Å². The normalized spacial score (nSPS) is 16.7. The minimum atomic E-state index is -0.0669. The maximum absolute atomic E-state index is 12.7. The maximum atomic E-state index is 12.7. The van der Waals surface area contributed by atoms with Gasteiger partial charge in [0.2, 0.25) is 0 Å². The Labute approximate surface area is 184 Å². The number of hydrogen-bond donors (Lipinski definition) is 1. The molecule has 1 aliphatic rings. The van der Waals surface area contributed by atoms with Gasteiger partial charge in [-0.25, -0.2) is 0 Å². The monoisotopic (exact) mass is 432 g/mol. The number of nitrogens with zero attached hydrogens (tertiary/aromatic N) is 5. The number of rotatable bonds is 7. The molecule has 31 heavy (non-hydrogen) atoms. The van der Waals surface area contributed by atoms with Gasteiger partial charge in [-0.3, -0.25) is 19.1 Å². The van der Waals surface area contributed by atoms with Crippen LogP contribution in [0.1, 0.15) is 39.0 Å². The van der Waals surface area contributed by atoms with Crippen LogP contribution in [0.2, 0.25) is 0 Å². The van der Waals surface area contributed by atoms with Gasteiger partial charge in [0.25, 0.3) is 5.91 Å². The highest BCUT2D eigenvalue weighted by Crippen LogP contribution is 2.27. The van der Waals surface area contributed by atoms with Gasteiger partial charge in [-0.05, 0) is 54.6 Å². The first-order valence-electron chi connectivity index (χ1n) is 10.5. The van der Waals surface area contributed by atoms with Crippen LogP contribution in [-0.2, 0) is 13.0 Å². The summed E-state index contributed by atoms with van der Waals surface area (Å²) < 4.78 is 1.98. The fourth-order valence-corrected chi connectivity index (χ4v) is 4.82. The fourth-order valence-electron chi connectivity index (χ4n) is 4.11. The SMILES string of the molecule is O=C(NCCc1cccs1)c1ccc2nnc([C@@H]3CCN(Cc4cccnc4)C3)n2c1. The molecule has 5 rings (SSSR count). The third-order valence-electron chi connectivity index (χ3n) is 5.69. The molecule has 0 unspecified atom stereocenters. The smallest absolute Gasteiger partial charge is 0.252 e. The Bertz CT molecular complexity index is 1160. The summed E-state index contributed by atoms with van der Waals surface area (Å²) >= 11 is 1.71. The predicted octanol–water partition coefficient (Wildman–Crippen LogP) is 3.15. The lowest BCUT2D eigenvalue weighted by molar-refractivity contribution is 0.0953. The van der Waals surface area contributed by atoms with Gasteiger partial charge < -0.3 is 5.32 Å². The molecular formula is C23H24N6OS. The van der Waals surface area contributed by atoms with E-state index in [0.29, 0.717) is 18.0 Å². The zero-order chi connectivity index (χ0) is 21.0. The van der Waals surface area contributed by atoms with Crippen molar-refractivity contribution >= 4 is 22.9 Å². The van der Waals surface area contributed by atoms with Crippen molar-refractivity contribution in [3.05, 3.63) is 82.2 Å². The topological polar surface area (TPSA) is 75.4 Å². The highest BCUT2D eigenvalue weighted by molar-refractivity contribution is 7.09. The second-order valence-corrected chi connectivity index (χ2v) is 8.90. The molecular weight excluding hydrogens is 408 g/mol. The Morgan fingerprint density at radius 1 is 1.19 bits per heavy atom. The van der Waals surface area contributed by atoms with Gasteiger partial charge in [0.05, 0.1) is 5.56 Å². The molecule has 158 valence electrons. The Hall–Kier alpha value is -3.10. The van der Waals surface area contributed by atoms with Crippen molar-refractivity contribution in [3.8, 4) is 0 Å². The molecule has 0 aliphatic carbocycles. The standard InChI is InChI=1S/C23H24N6OS/c30-23(25-10-7-20-4-2-12-31-20)19-5-6-21-26-27-22(29(21)16-19)18-8-11-28(15-18)14-17-3-1-9-24-13-17/h1-6,9,12-13,16,18H,7-8,10-11,14-15H2,(H,25,30)/t18-/m1/s1. The quantitative estimate of drug-likeness (QED) is 0.486. The van der Waals surface area contributed by atoms with E-state index in [1.165, 1.54) is 10.4 Å². The number of nitrogens with one attached hydrogen (secondary N) is 1. The summed E-state index contributed by atoms with van der Waals surface area (Å²) in [6.45, 7) is 3.45. The molecule has 7 nitrogen and oxygen atoms in total. The molecule has 5 heterocycles. The molecule has 0 spiro atoms. The van der Waals surface area contributed by atoms with Gasteiger partial charge in [0.15, 0.2) is 5.65 Å². The second kappa shape index (κ2) is 8.95. The van der Waals surface area contributed by atoms with Crippen molar-refractivity contribution in [2.75, 3.05) is 19.6 Å². The Balaban J connectivity index is 1.26. The van der Waals surface area contributed by atoms with E-state index in [9.17, 15) is 4.79 Å². The van der Waals surface area contributed by atoms with Crippen molar-refractivity contribution in [1.29, 1.82) is 0 Å². The molecule has 1 N–H and O–H groups in total. The minimum absolute atomic E-state index is 0.0669. The van der Waals surface area contributed by atoms with Gasteiger partial charge in [-0.15, -0.1) is 21.5 Å². The molecule has 1 aliphatic heterocycles. The van der Waals surface area contributed by atoms with E-state index in [4.69, 9.17) is 0 Å². The Kier molecular flexibility index (Phi) is 5.73. The molecule has 1 atom stereocenters.